The number of hydrogen-bond donors (Lipinski definition) is 0. The van der Waals surface area contributed by atoms with Crippen molar-refractivity contribution in [2.24, 2.45) is 4.99 Å². The van der Waals surface area contributed by atoms with Crippen LogP contribution in [0.2, 0.25) is 5.02 Å². The molecule has 35 heavy (non-hydrogen) atoms. The Morgan fingerprint density at radius 1 is 1.17 bits per heavy atom. The van der Waals surface area contributed by atoms with Crippen molar-refractivity contribution in [3.05, 3.63) is 75.2 Å². The molecule has 0 unspecified atom stereocenters. The average molecular weight is 506 g/mol. The van der Waals surface area contributed by atoms with Crippen molar-refractivity contribution in [1.29, 1.82) is 0 Å². The fourth-order valence-electron chi connectivity index (χ4n) is 4.05. The number of thioether (sulfide) groups is 1. The number of halogens is 1. The van der Waals surface area contributed by atoms with E-state index in [1.165, 1.54) is 11.8 Å². The number of nitrogens with zero attached hydrogens (tertiary/aromatic N) is 5. The summed E-state index contributed by atoms with van der Waals surface area (Å²) in [4.78, 5) is 32.0. The average Bonchev–Trinajstić information content (AvgIpc) is 3.31. The van der Waals surface area contributed by atoms with Crippen molar-refractivity contribution in [2.75, 3.05) is 7.11 Å². The fourth-order valence-corrected chi connectivity index (χ4v) is 5.19. The molecule has 0 aliphatic carbocycles. The minimum atomic E-state index is -0.244. The molecule has 1 aliphatic rings. The van der Waals surface area contributed by atoms with Gasteiger partial charge >= 0.3 is 0 Å². The van der Waals surface area contributed by atoms with E-state index in [9.17, 15) is 4.79 Å². The Labute approximate surface area is 212 Å². The Kier molecular flexibility index (Phi) is 6.11. The van der Waals surface area contributed by atoms with Gasteiger partial charge in [-0.15, -0.1) is 0 Å². The molecule has 0 bridgehead atoms. The van der Waals surface area contributed by atoms with Gasteiger partial charge in [0.2, 0.25) is 0 Å². The van der Waals surface area contributed by atoms with Crippen molar-refractivity contribution >= 4 is 46.2 Å². The van der Waals surface area contributed by atoms with Crippen LogP contribution in [0, 0.1) is 0 Å². The van der Waals surface area contributed by atoms with E-state index in [2.05, 4.69) is 35.7 Å². The molecule has 7 nitrogen and oxygen atoms in total. The van der Waals surface area contributed by atoms with Gasteiger partial charge in [0, 0.05) is 12.6 Å². The maximum Gasteiger partial charge on any atom is 0.267 e. The molecule has 0 amide bonds. The molecule has 1 aliphatic heterocycles. The first-order valence-electron chi connectivity index (χ1n) is 11.2. The van der Waals surface area contributed by atoms with Crippen LogP contribution in [0.15, 0.2) is 57.5 Å². The highest BCUT2D eigenvalue weighted by atomic mass is 35.5. The number of aliphatic imine (C=N–C) groups is 1. The van der Waals surface area contributed by atoms with Gasteiger partial charge in [-0.3, -0.25) is 14.4 Å². The Hall–Kier alpha value is -3.23. The number of ether oxygens (including phenoxy) is 1. The van der Waals surface area contributed by atoms with E-state index >= 15 is 0 Å². The summed E-state index contributed by atoms with van der Waals surface area (Å²) in [5.74, 6) is 1.53. The van der Waals surface area contributed by atoms with Crippen LogP contribution in [0.3, 0.4) is 0 Å². The molecule has 0 atom stereocenters. The molecular weight excluding hydrogens is 482 g/mol. The lowest BCUT2D eigenvalue weighted by Crippen LogP contribution is -2.25. The summed E-state index contributed by atoms with van der Waals surface area (Å²) < 4.78 is 7.29. The molecule has 5 rings (SSSR count). The van der Waals surface area contributed by atoms with Crippen molar-refractivity contribution in [3.8, 4) is 11.4 Å². The molecular formula is C26H24ClN5O2S. The summed E-state index contributed by atoms with van der Waals surface area (Å²) in [5, 5.41) is 1.49. The standard InChI is InChI=1S/C26H24ClN5O2S/c1-26(2,3)15-8-9-20(34-4)19(12-15)32-21(31-17-7-5-6-16(27)22(17)25(32)33)13-35-24-23-18(10-11-28-23)29-14-30-24/h5-9,11-12,14H,10,13H2,1-4H3. The number of benzene rings is 2. The molecule has 9 heteroatoms. The molecule has 3 heterocycles. The summed E-state index contributed by atoms with van der Waals surface area (Å²) in [6.07, 6.45) is 4.07. The number of methoxy groups -OCH3 is 1. The predicted octanol–water partition coefficient (Wildman–Crippen LogP) is 5.69. The molecule has 4 aromatic rings. The molecule has 2 aromatic heterocycles. The van der Waals surface area contributed by atoms with E-state index in [1.54, 1.807) is 36.2 Å². The van der Waals surface area contributed by atoms with E-state index < -0.39 is 0 Å². The first kappa shape index (κ1) is 23.5. The molecule has 0 N–H and O–H groups in total. The van der Waals surface area contributed by atoms with Crippen LogP contribution in [-0.4, -0.2) is 32.8 Å². The van der Waals surface area contributed by atoms with Crippen molar-refractivity contribution in [3.63, 3.8) is 0 Å². The Bertz CT molecular complexity index is 1540. The van der Waals surface area contributed by atoms with Crippen LogP contribution in [0.5, 0.6) is 5.75 Å². The summed E-state index contributed by atoms with van der Waals surface area (Å²) in [5.41, 5.74) is 3.56. The third-order valence-electron chi connectivity index (χ3n) is 5.91. The van der Waals surface area contributed by atoms with Gasteiger partial charge in [0.25, 0.3) is 5.56 Å². The van der Waals surface area contributed by atoms with Crippen molar-refractivity contribution in [2.45, 2.75) is 43.4 Å². The van der Waals surface area contributed by atoms with Crippen LogP contribution >= 0.6 is 23.4 Å². The van der Waals surface area contributed by atoms with Gasteiger partial charge in [0.1, 0.15) is 28.6 Å². The highest BCUT2D eigenvalue weighted by Crippen LogP contribution is 2.36. The first-order chi connectivity index (χ1) is 16.8. The smallest absolute Gasteiger partial charge is 0.267 e. The topological polar surface area (TPSA) is 82.3 Å². The number of hydrogen-bond acceptors (Lipinski definition) is 7. The van der Waals surface area contributed by atoms with Crippen molar-refractivity contribution in [1.82, 2.24) is 19.5 Å². The van der Waals surface area contributed by atoms with Gasteiger partial charge in [-0.25, -0.2) is 15.0 Å². The van der Waals surface area contributed by atoms with E-state index in [1.807, 2.05) is 24.4 Å². The van der Waals surface area contributed by atoms with E-state index in [0.29, 0.717) is 45.4 Å². The molecule has 178 valence electrons. The molecule has 0 radical (unpaired) electrons. The largest absolute Gasteiger partial charge is 0.495 e. The zero-order valence-electron chi connectivity index (χ0n) is 19.9. The number of rotatable bonds is 5. The van der Waals surface area contributed by atoms with Gasteiger partial charge in [-0.05, 0) is 35.2 Å². The summed E-state index contributed by atoms with van der Waals surface area (Å²) in [6.45, 7) is 6.39. The molecule has 0 saturated heterocycles. The summed E-state index contributed by atoms with van der Waals surface area (Å²) in [7, 11) is 1.60. The molecule has 0 saturated carbocycles. The Balaban J connectivity index is 1.71. The second-order valence-electron chi connectivity index (χ2n) is 9.22. The molecule has 0 spiro atoms. The lowest BCUT2D eigenvalue weighted by Gasteiger charge is -2.23. The van der Waals surface area contributed by atoms with Crippen LogP contribution in [0.4, 0.5) is 5.69 Å². The first-order valence-corrected chi connectivity index (χ1v) is 12.5. The maximum atomic E-state index is 13.9. The zero-order valence-corrected chi connectivity index (χ0v) is 21.4. The van der Waals surface area contributed by atoms with Crippen molar-refractivity contribution < 1.29 is 4.74 Å². The SMILES string of the molecule is COc1ccc(C(C)(C)C)cc1-n1c(CSc2ncnc3c2N=CC3)nc2cccc(Cl)c2c1=O. The van der Waals surface area contributed by atoms with Gasteiger partial charge in [-0.2, -0.15) is 0 Å². The van der Waals surface area contributed by atoms with E-state index in [-0.39, 0.29) is 11.0 Å². The van der Waals surface area contributed by atoms with Crippen LogP contribution in [0.1, 0.15) is 37.9 Å². The normalized spacial score (nSPS) is 12.8. The highest BCUT2D eigenvalue weighted by Gasteiger charge is 2.22. The van der Waals surface area contributed by atoms with Crippen LogP contribution < -0.4 is 10.3 Å². The monoisotopic (exact) mass is 505 g/mol. The Morgan fingerprint density at radius 2 is 2.00 bits per heavy atom. The third-order valence-corrected chi connectivity index (χ3v) is 7.20. The highest BCUT2D eigenvalue weighted by molar-refractivity contribution is 7.98. The van der Waals surface area contributed by atoms with Gasteiger partial charge in [-0.1, -0.05) is 56.3 Å². The minimum absolute atomic E-state index is 0.124. The van der Waals surface area contributed by atoms with Gasteiger partial charge < -0.3 is 4.74 Å². The second-order valence-corrected chi connectivity index (χ2v) is 10.6. The predicted molar refractivity (Wildman–Crippen MR) is 141 cm³/mol. The lowest BCUT2D eigenvalue weighted by molar-refractivity contribution is 0.411. The third kappa shape index (κ3) is 4.32. The Morgan fingerprint density at radius 3 is 2.77 bits per heavy atom. The quantitative estimate of drug-likeness (QED) is 0.256. The molecule has 2 aromatic carbocycles. The zero-order chi connectivity index (χ0) is 24.7. The lowest BCUT2D eigenvalue weighted by atomic mass is 9.86. The van der Waals surface area contributed by atoms with Crippen LogP contribution in [0.25, 0.3) is 16.6 Å². The maximum absolute atomic E-state index is 13.9. The van der Waals surface area contributed by atoms with E-state index in [0.717, 1.165) is 22.0 Å². The number of fused-ring (bicyclic) bond motifs is 2. The fraction of sp³-hybridized carbons (Fsp3) is 0.269. The molecule has 0 fully saturated rings. The van der Waals surface area contributed by atoms with Gasteiger partial charge in [0.15, 0.2) is 0 Å². The number of aromatic nitrogens is 4. The van der Waals surface area contributed by atoms with Crippen LogP contribution in [-0.2, 0) is 17.6 Å². The summed E-state index contributed by atoms with van der Waals surface area (Å²) >= 11 is 7.94. The summed E-state index contributed by atoms with van der Waals surface area (Å²) in [6, 6.07) is 11.2. The van der Waals surface area contributed by atoms with Gasteiger partial charge in [0.05, 0.1) is 40.2 Å². The second kappa shape index (κ2) is 9.09. The minimum Gasteiger partial charge on any atom is -0.495 e. The van der Waals surface area contributed by atoms with E-state index in [4.69, 9.17) is 21.3 Å².